The number of phenols is 1. The SMILES string of the molecule is COC(=O)C12CC3CC(CC(C3)C1NC(=O)[C@H](Cc1ccccc1)NC(=O)CNC(=O)[C@@H](CCSC)NC(=O)[C@@H](N)Cc1ccc(O)cc1)C2. The fourth-order valence-electron chi connectivity index (χ4n) is 8.40. The molecule has 4 fully saturated rings. The van der Waals surface area contributed by atoms with Crippen LogP contribution >= 0.6 is 11.8 Å². The maximum Gasteiger partial charge on any atom is 0.313 e. The van der Waals surface area contributed by atoms with Crippen molar-refractivity contribution < 1.29 is 33.8 Å². The van der Waals surface area contributed by atoms with E-state index in [-0.39, 0.29) is 42.4 Å². The average molecular weight is 708 g/mol. The lowest BCUT2D eigenvalue weighted by molar-refractivity contribution is -0.175. The predicted octanol–water partition coefficient (Wildman–Crippen LogP) is 1.83. The van der Waals surface area contributed by atoms with Crippen molar-refractivity contribution in [3.05, 3.63) is 65.7 Å². The summed E-state index contributed by atoms with van der Waals surface area (Å²) in [7, 11) is 1.40. The Morgan fingerprint density at radius 3 is 2.18 bits per heavy atom. The standard InChI is InChI=1S/C37H49N5O7S/c1-49-36(48)37-19-24-14-25(20-37)16-26(15-24)32(37)42-35(47)30(18-22-6-4-3-5-7-22)40-31(44)21-39-34(46)29(12-13-50-2)41-33(45)28(38)17-23-8-10-27(43)11-9-23/h3-11,24-26,28-30,32,43H,12-21,38H2,1-2H3,(H,39,46)(H,40,44)(H,41,45)(H,42,47)/t24?,25?,26?,28-,29+,30-,32?,37?/m0/s1. The van der Waals surface area contributed by atoms with Crippen LogP contribution in [-0.4, -0.2) is 84.5 Å². The summed E-state index contributed by atoms with van der Waals surface area (Å²) in [5.74, 6) is -0.555. The molecule has 4 aliphatic carbocycles. The van der Waals surface area contributed by atoms with Gasteiger partial charge in [-0.25, -0.2) is 0 Å². The lowest BCUT2D eigenvalue weighted by atomic mass is 9.47. The Hall–Kier alpha value is -4.10. The molecule has 7 N–H and O–H groups in total. The van der Waals surface area contributed by atoms with Gasteiger partial charge in [0.25, 0.3) is 0 Å². The first-order chi connectivity index (χ1) is 24.0. The van der Waals surface area contributed by atoms with Crippen molar-refractivity contribution in [3.63, 3.8) is 0 Å². The lowest BCUT2D eigenvalue weighted by Gasteiger charge is -2.59. The van der Waals surface area contributed by atoms with Crippen LogP contribution in [0.2, 0.25) is 0 Å². The van der Waals surface area contributed by atoms with Crippen molar-refractivity contribution in [2.45, 2.75) is 75.5 Å². The van der Waals surface area contributed by atoms with Gasteiger partial charge in [0.15, 0.2) is 0 Å². The monoisotopic (exact) mass is 707 g/mol. The molecule has 50 heavy (non-hydrogen) atoms. The summed E-state index contributed by atoms with van der Waals surface area (Å²) in [6, 6.07) is 12.5. The van der Waals surface area contributed by atoms with Gasteiger partial charge in [-0.15, -0.1) is 0 Å². The number of methoxy groups -OCH3 is 1. The number of nitrogens with one attached hydrogen (secondary N) is 4. The van der Waals surface area contributed by atoms with Crippen molar-refractivity contribution in [1.82, 2.24) is 21.3 Å². The molecule has 4 amide bonds. The maximum absolute atomic E-state index is 14.0. The molecule has 6 rings (SSSR count). The van der Waals surface area contributed by atoms with Gasteiger partial charge >= 0.3 is 5.97 Å². The Bertz CT molecular complexity index is 1510. The highest BCUT2D eigenvalue weighted by molar-refractivity contribution is 7.98. The van der Waals surface area contributed by atoms with Gasteiger partial charge in [0, 0.05) is 12.5 Å². The summed E-state index contributed by atoms with van der Waals surface area (Å²) in [5.41, 5.74) is 6.96. The average Bonchev–Trinajstić information content (AvgIpc) is 3.10. The van der Waals surface area contributed by atoms with Crippen LogP contribution in [0.1, 0.15) is 49.7 Å². The normalized spacial score (nSPS) is 25.1. The third-order valence-corrected chi connectivity index (χ3v) is 11.2. The third kappa shape index (κ3) is 8.97. The quantitative estimate of drug-likeness (QED) is 0.142. The zero-order valence-electron chi connectivity index (χ0n) is 28.7. The summed E-state index contributed by atoms with van der Waals surface area (Å²) in [6.45, 7) is -0.413. The molecular formula is C37H49N5O7S. The molecule has 2 aromatic rings. The number of amides is 4. The molecule has 2 aromatic carbocycles. The molecule has 3 unspecified atom stereocenters. The van der Waals surface area contributed by atoms with E-state index in [0.717, 1.165) is 30.4 Å². The first-order valence-corrected chi connectivity index (χ1v) is 18.7. The number of aromatic hydroxyl groups is 1. The van der Waals surface area contributed by atoms with E-state index in [9.17, 15) is 29.1 Å². The molecule has 0 saturated heterocycles. The maximum atomic E-state index is 14.0. The van der Waals surface area contributed by atoms with E-state index in [1.807, 2.05) is 36.6 Å². The molecule has 0 aliphatic heterocycles. The fourth-order valence-corrected chi connectivity index (χ4v) is 8.88. The number of esters is 1. The second-order valence-corrected chi connectivity index (χ2v) is 15.1. The number of rotatable bonds is 16. The number of carbonyl (C=O) groups excluding carboxylic acids is 5. The highest BCUT2D eigenvalue weighted by Crippen LogP contribution is 2.60. The van der Waals surface area contributed by atoms with Gasteiger partial charge in [0.05, 0.1) is 25.1 Å². The van der Waals surface area contributed by atoms with E-state index in [0.29, 0.717) is 36.9 Å². The molecule has 4 aliphatic rings. The number of thioether (sulfide) groups is 1. The Morgan fingerprint density at radius 1 is 0.880 bits per heavy atom. The number of carbonyl (C=O) groups is 5. The molecule has 12 nitrogen and oxygen atoms in total. The van der Waals surface area contributed by atoms with Crippen molar-refractivity contribution in [3.8, 4) is 5.75 Å². The van der Waals surface area contributed by atoms with E-state index in [1.165, 1.54) is 31.0 Å². The van der Waals surface area contributed by atoms with Gasteiger partial charge in [0.1, 0.15) is 17.8 Å². The van der Waals surface area contributed by atoms with Gasteiger partial charge in [-0.05, 0) is 98.0 Å². The Labute approximate surface area is 297 Å². The summed E-state index contributed by atoms with van der Waals surface area (Å²) >= 11 is 1.51. The van der Waals surface area contributed by atoms with Crippen LogP contribution in [-0.2, 0) is 41.6 Å². The summed E-state index contributed by atoms with van der Waals surface area (Å²) in [6.07, 6.45) is 7.03. The highest BCUT2D eigenvalue weighted by atomic mass is 32.2. The van der Waals surface area contributed by atoms with Crippen LogP contribution in [0.25, 0.3) is 0 Å². The van der Waals surface area contributed by atoms with E-state index in [2.05, 4.69) is 21.3 Å². The molecule has 6 atom stereocenters. The van der Waals surface area contributed by atoms with Crippen molar-refractivity contribution in [1.29, 1.82) is 0 Å². The minimum atomic E-state index is -0.960. The summed E-state index contributed by atoms with van der Waals surface area (Å²) in [4.78, 5) is 66.7. The molecule has 0 spiro atoms. The van der Waals surface area contributed by atoms with Crippen LogP contribution in [0.5, 0.6) is 5.75 Å². The zero-order valence-corrected chi connectivity index (χ0v) is 29.5. The molecule has 0 aromatic heterocycles. The highest BCUT2D eigenvalue weighted by Gasteiger charge is 2.62. The smallest absolute Gasteiger partial charge is 0.313 e. The van der Waals surface area contributed by atoms with Crippen LogP contribution < -0.4 is 27.0 Å². The van der Waals surface area contributed by atoms with Crippen LogP contribution in [0.15, 0.2) is 54.6 Å². The number of nitrogens with two attached hydrogens (primary N) is 1. The number of benzene rings is 2. The van der Waals surface area contributed by atoms with Gasteiger partial charge < -0.3 is 36.8 Å². The minimum Gasteiger partial charge on any atom is -0.508 e. The molecule has 0 radical (unpaired) electrons. The van der Waals surface area contributed by atoms with E-state index in [1.54, 1.807) is 12.1 Å². The molecule has 13 heteroatoms. The van der Waals surface area contributed by atoms with Crippen molar-refractivity contribution in [2.24, 2.45) is 28.9 Å². The zero-order chi connectivity index (χ0) is 35.8. The summed E-state index contributed by atoms with van der Waals surface area (Å²) in [5, 5.41) is 20.8. The number of hydrogen-bond acceptors (Lipinski definition) is 9. The Kier molecular flexibility index (Phi) is 12.4. The molecule has 4 saturated carbocycles. The first-order valence-electron chi connectivity index (χ1n) is 17.3. The number of ether oxygens (including phenoxy) is 1. The van der Waals surface area contributed by atoms with Gasteiger partial charge in [-0.3, -0.25) is 24.0 Å². The molecule has 0 heterocycles. The van der Waals surface area contributed by atoms with Crippen molar-refractivity contribution >= 4 is 41.4 Å². The third-order valence-electron chi connectivity index (χ3n) is 10.5. The van der Waals surface area contributed by atoms with E-state index >= 15 is 0 Å². The Balaban J connectivity index is 1.22. The topological polar surface area (TPSA) is 189 Å². The van der Waals surface area contributed by atoms with Gasteiger partial charge in [-0.1, -0.05) is 42.5 Å². The lowest BCUT2D eigenvalue weighted by Crippen LogP contribution is -2.67. The van der Waals surface area contributed by atoms with Crippen LogP contribution in [0.3, 0.4) is 0 Å². The van der Waals surface area contributed by atoms with Gasteiger partial charge in [-0.2, -0.15) is 11.8 Å². The van der Waals surface area contributed by atoms with Gasteiger partial charge in [0.2, 0.25) is 23.6 Å². The second kappa shape index (κ2) is 16.7. The van der Waals surface area contributed by atoms with E-state index < -0.39 is 47.8 Å². The molecular weight excluding hydrogens is 659 g/mol. The minimum absolute atomic E-state index is 0.103. The van der Waals surface area contributed by atoms with Crippen LogP contribution in [0, 0.1) is 23.2 Å². The number of phenolic OH excluding ortho intramolecular Hbond substituents is 1. The second-order valence-electron chi connectivity index (χ2n) is 14.1. The fraction of sp³-hybridized carbons (Fsp3) is 0.541. The van der Waals surface area contributed by atoms with Crippen molar-refractivity contribution in [2.75, 3.05) is 25.7 Å². The van der Waals surface area contributed by atoms with Crippen LogP contribution in [0.4, 0.5) is 0 Å². The summed E-state index contributed by atoms with van der Waals surface area (Å²) < 4.78 is 5.29. The van der Waals surface area contributed by atoms with E-state index in [4.69, 9.17) is 10.5 Å². The molecule has 270 valence electrons. The Morgan fingerprint density at radius 2 is 1.54 bits per heavy atom. The predicted molar refractivity (Wildman–Crippen MR) is 190 cm³/mol. The largest absolute Gasteiger partial charge is 0.508 e. The molecule has 4 bridgehead atoms. The first kappa shape index (κ1) is 37.2. The number of hydrogen-bond donors (Lipinski definition) is 6.